The number of nitrogens with one attached hydrogen (secondary N) is 2. The van der Waals surface area contributed by atoms with Crippen LogP contribution < -0.4 is 15.5 Å². The zero-order valence-electron chi connectivity index (χ0n) is 16.3. The lowest BCUT2D eigenvalue weighted by Gasteiger charge is -2.09. The third-order valence-corrected chi connectivity index (χ3v) is 4.66. The monoisotopic (exact) mass is 465 g/mol. The minimum atomic E-state index is -0.345. The number of benzene rings is 3. The van der Waals surface area contributed by atoms with Gasteiger partial charge >= 0.3 is 0 Å². The highest BCUT2D eigenvalue weighted by atomic mass is 79.9. The maximum Gasteiger partial charge on any atom is 0.271 e. The van der Waals surface area contributed by atoms with E-state index in [1.807, 2.05) is 48.5 Å². The molecule has 0 heterocycles. The molecule has 0 saturated heterocycles. The van der Waals surface area contributed by atoms with Crippen LogP contribution in [0.15, 0.2) is 82.4 Å². The van der Waals surface area contributed by atoms with Gasteiger partial charge in [-0.25, -0.2) is 5.43 Å². The molecule has 3 aromatic rings. The molecule has 0 bridgehead atoms. The average molecular weight is 466 g/mol. The van der Waals surface area contributed by atoms with E-state index in [0.29, 0.717) is 17.9 Å². The molecule has 3 rings (SSSR count). The Labute approximate surface area is 183 Å². The van der Waals surface area contributed by atoms with Crippen molar-refractivity contribution in [1.29, 1.82) is 0 Å². The lowest BCUT2D eigenvalue weighted by atomic mass is 10.2. The van der Waals surface area contributed by atoms with Gasteiger partial charge in [0.1, 0.15) is 12.4 Å². The van der Waals surface area contributed by atoms with Crippen molar-refractivity contribution in [1.82, 2.24) is 5.43 Å². The summed E-state index contributed by atoms with van der Waals surface area (Å²) < 4.78 is 6.62. The second kappa shape index (κ2) is 10.4. The van der Waals surface area contributed by atoms with Crippen LogP contribution in [0, 0.1) is 0 Å². The van der Waals surface area contributed by atoms with E-state index in [0.717, 1.165) is 21.3 Å². The minimum absolute atomic E-state index is 0.167. The Morgan fingerprint density at radius 1 is 1.03 bits per heavy atom. The van der Waals surface area contributed by atoms with Gasteiger partial charge in [0, 0.05) is 18.2 Å². The van der Waals surface area contributed by atoms with Crippen LogP contribution in [0.2, 0.25) is 0 Å². The molecule has 7 heteroatoms. The van der Waals surface area contributed by atoms with Gasteiger partial charge in [-0.3, -0.25) is 9.59 Å². The molecule has 30 heavy (non-hydrogen) atoms. The smallest absolute Gasteiger partial charge is 0.271 e. The summed E-state index contributed by atoms with van der Waals surface area (Å²) in [7, 11) is 0. The van der Waals surface area contributed by atoms with E-state index in [9.17, 15) is 9.59 Å². The zero-order valence-corrected chi connectivity index (χ0v) is 17.8. The molecule has 0 spiro atoms. The van der Waals surface area contributed by atoms with Crippen molar-refractivity contribution in [2.24, 2.45) is 5.10 Å². The molecule has 0 aliphatic carbocycles. The topological polar surface area (TPSA) is 79.8 Å². The average Bonchev–Trinajstić information content (AvgIpc) is 2.74. The van der Waals surface area contributed by atoms with E-state index < -0.39 is 0 Å². The first kappa shape index (κ1) is 21.3. The number of carbonyl (C=O) groups is 2. The third-order valence-electron chi connectivity index (χ3n) is 4.04. The minimum Gasteiger partial charge on any atom is -0.488 e. The molecular weight excluding hydrogens is 446 g/mol. The molecule has 0 atom stereocenters. The fourth-order valence-electron chi connectivity index (χ4n) is 2.59. The molecule has 0 saturated carbocycles. The van der Waals surface area contributed by atoms with Crippen molar-refractivity contribution in [2.75, 3.05) is 5.32 Å². The molecule has 0 aliphatic heterocycles. The molecule has 2 amide bonds. The lowest BCUT2D eigenvalue weighted by molar-refractivity contribution is -0.114. The number of amides is 2. The highest BCUT2D eigenvalue weighted by molar-refractivity contribution is 9.10. The normalized spacial score (nSPS) is 10.6. The number of carbonyl (C=O) groups excluding carboxylic acids is 2. The summed E-state index contributed by atoms with van der Waals surface area (Å²) in [5.74, 6) is 0.209. The first-order valence-corrected chi connectivity index (χ1v) is 9.98. The molecular formula is C23H20BrN3O3. The number of anilines is 1. The van der Waals surface area contributed by atoms with Gasteiger partial charge < -0.3 is 10.1 Å². The molecule has 0 aromatic heterocycles. The van der Waals surface area contributed by atoms with Crippen molar-refractivity contribution in [3.63, 3.8) is 0 Å². The first-order valence-electron chi connectivity index (χ1n) is 9.18. The summed E-state index contributed by atoms with van der Waals surface area (Å²) in [5, 5.41) is 6.65. The van der Waals surface area contributed by atoms with Crippen molar-refractivity contribution in [3.05, 3.63) is 94.0 Å². The second-order valence-electron chi connectivity index (χ2n) is 6.42. The van der Waals surface area contributed by atoms with E-state index in [2.05, 4.69) is 31.8 Å². The van der Waals surface area contributed by atoms with Crippen molar-refractivity contribution in [3.8, 4) is 5.75 Å². The van der Waals surface area contributed by atoms with Gasteiger partial charge in [-0.1, -0.05) is 30.3 Å². The summed E-state index contributed by atoms with van der Waals surface area (Å²) in [6.07, 6.45) is 1.55. The van der Waals surface area contributed by atoms with Crippen LogP contribution >= 0.6 is 15.9 Å². The molecule has 152 valence electrons. The zero-order chi connectivity index (χ0) is 21.3. The Morgan fingerprint density at radius 2 is 1.77 bits per heavy atom. The van der Waals surface area contributed by atoms with Crippen LogP contribution in [0.5, 0.6) is 5.75 Å². The Hall–Kier alpha value is -3.45. The lowest BCUT2D eigenvalue weighted by Crippen LogP contribution is -2.17. The van der Waals surface area contributed by atoms with Crippen molar-refractivity contribution < 1.29 is 14.3 Å². The van der Waals surface area contributed by atoms with Crippen molar-refractivity contribution in [2.45, 2.75) is 13.5 Å². The van der Waals surface area contributed by atoms with Crippen LogP contribution in [-0.4, -0.2) is 18.0 Å². The van der Waals surface area contributed by atoms with Gasteiger partial charge in [-0.05, 0) is 69.5 Å². The Balaban J connectivity index is 1.54. The van der Waals surface area contributed by atoms with Crippen LogP contribution in [0.4, 0.5) is 5.69 Å². The highest BCUT2D eigenvalue weighted by Gasteiger charge is 2.05. The number of hydrogen-bond donors (Lipinski definition) is 2. The van der Waals surface area contributed by atoms with Crippen LogP contribution in [-0.2, 0) is 11.4 Å². The summed E-state index contributed by atoms with van der Waals surface area (Å²) in [6.45, 7) is 1.90. The fraction of sp³-hybridized carbons (Fsp3) is 0.0870. The highest BCUT2D eigenvalue weighted by Crippen LogP contribution is 2.26. The van der Waals surface area contributed by atoms with Gasteiger partial charge in [0.05, 0.1) is 10.7 Å². The Kier molecular flexibility index (Phi) is 7.34. The van der Waals surface area contributed by atoms with Crippen LogP contribution in [0.25, 0.3) is 0 Å². The predicted octanol–water partition coefficient (Wildman–Crippen LogP) is 4.75. The number of hydrazone groups is 1. The van der Waals surface area contributed by atoms with Gasteiger partial charge in [-0.2, -0.15) is 5.10 Å². The van der Waals surface area contributed by atoms with E-state index in [-0.39, 0.29) is 11.8 Å². The number of halogens is 1. The number of rotatable bonds is 7. The molecule has 0 radical (unpaired) electrons. The largest absolute Gasteiger partial charge is 0.488 e. The maximum absolute atomic E-state index is 12.2. The van der Waals surface area contributed by atoms with E-state index in [1.54, 1.807) is 30.5 Å². The van der Waals surface area contributed by atoms with Gasteiger partial charge in [0.15, 0.2) is 0 Å². The molecule has 0 unspecified atom stereocenters. The molecule has 2 N–H and O–H groups in total. The molecule has 0 fully saturated rings. The van der Waals surface area contributed by atoms with Gasteiger partial charge in [0.25, 0.3) is 5.91 Å². The van der Waals surface area contributed by atoms with Crippen LogP contribution in [0.3, 0.4) is 0 Å². The summed E-state index contributed by atoms with van der Waals surface area (Å²) >= 11 is 3.50. The second-order valence-corrected chi connectivity index (χ2v) is 7.28. The fourth-order valence-corrected chi connectivity index (χ4v) is 3.10. The van der Waals surface area contributed by atoms with Gasteiger partial charge in [-0.15, -0.1) is 0 Å². The maximum atomic E-state index is 12.2. The quantitative estimate of drug-likeness (QED) is 0.390. The molecule has 3 aromatic carbocycles. The van der Waals surface area contributed by atoms with Crippen LogP contribution in [0.1, 0.15) is 28.4 Å². The van der Waals surface area contributed by atoms with E-state index in [1.165, 1.54) is 6.92 Å². The summed E-state index contributed by atoms with van der Waals surface area (Å²) in [6, 6.07) is 22.0. The summed E-state index contributed by atoms with van der Waals surface area (Å²) in [5.41, 5.74) is 5.44. The predicted molar refractivity (Wildman–Crippen MR) is 121 cm³/mol. The number of ether oxygens (including phenoxy) is 1. The third kappa shape index (κ3) is 6.28. The summed E-state index contributed by atoms with van der Waals surface area (Å²) in [4.78, 5) is 23.2. The van der Waals surface area contributed by atoms with Crippen molar-refractivity contribution >= 4 is 39.6 Å². The Morgan fingerprint density at radius 3 is 2.43 bits per heavy atom. The number of hydrogen-bond acceptors (Lipinski definition) is 4. The Bertz CT molecular complexity index is 1050. The van der Waals surface area contributed by atoms with E-state index in [4.69, 9.17) is 4.74 Å². The standard InChI is InChI=1S/C23H20BrN3O3/c1-16(28)26-20-10-8-19(9-11-20)23(29)27-25-14-18-7-12-22(21(24)13-18)30-15-17-5-3-2-4-6-17/h2-14H,15H2,1H3,(H,26,28)(H,27,29). The van der Waals surface area contributed by atoms with Gasteiger partial charge in [0.2, 0.25) is 5.91 Å². The SMILES string of the molecule is CC(=O)Nc1ccc(C(=O)NN=Cc2ccc(OCc3ccccc3)c(Br)c2)cc1. The first-order chi connectivity index (χ1) is 14.5. The molecule has 6 nitrogen and oxygen atoms in total. The van der Waals surface area contributed by atoms with E-state index >= 15 is 0 Å². The molecule has 0 aliphatic rings. The number of nitrogens with zero attached hydrogens (tertiary/aromatic N) is 1.